The number of rotatable bonds is 8. The summed E-state index contributed by atoms with van der Waals surface area (Å²) in [7, 11) is 0. The molecule has 13 heteroatoms. The van der Waals surface area contributed by atoms with Gasteiger partial charge in [-0.15, -0.1) is 11.3 Å². The number of halogens is 2. The fourth-order valence-electron chi connectivity index (χ4n) is 7.72. The van der Waals surface area contributed by atoms with Gasteiger partial charge >= 0.3 is 5.97 Å². The molecule has 0 saturated carbocycles. The predicted molar refractivity (Wildman–Crippen MR) is 194 cm³/mol. The van der Waals surface area contributed by atoms with Crippen molar-refractivity contribution in [3.8, 4) is 16.9 Å². The molecule has 262 valence electrons. The monoisotopic (exact) mass is 727 g/mol. The van der Waals surface area contributed by atoms with Crippen molar-refractivity contribution in [1.82, 2.24) is 24.6 Å². The number of fused-ring (bicyclic) bond motifs is 3. The number of likely N-dealkylation sites (tertiary alicyclic amines) is 1. The number of aromatic nitrogens is 4. The van der Waals surface area contributed by atoms with Crippen molar-refractivity contribution in [1.29, 1.82) is 0 Å². The third-order valence-corrected chi connectivity index (χ3v) is 11.5. The number of carbonyl (C=O) groups is 1. The molecule has 1 atom stereocenters. The zero-order chi connectivity index (χ0) is 35.4. The highest BCUT2D eigenvalue weighted by molar-refractivity contribution is 7.18. The molecule has 1 fully saturated rings. The lowest BCUT2D eigenvalue weighted by atomic mass is 9.87. The van der Waals surface area contributed by atoms with Gasteiger partial charge in [0.05, 0.1) is 33.7 Å². The quantitative estimate of drug-likeness (QED) is 0.169. The van der Waals surface area contributed by atoms with Gasteiger partial charge in [-0.3, -0.25) is 19.2 Å². The van der Waals surface area contributed by atoms with Gasteiger partial charge in [0.2, 0.25) is 0 Å². The molecule has 0 bridgehead atoms. The van der Waals surface area contributed by atoms with Crippen LogP contribution in [0.2, 0.25) is 5.02 Å². The molecule has 0 amide bonds. The Morgan fingerprint density at radius 1 is 1.10 bits per heavy atom. The maximum Gasteiger partial charge on any atom is 0.338 e. The van der Waals surface area contributed by atoms with Crippen LogP contribution >= 0.6 is 22.9 Å². The average molecular weight is 728 g/mol. The Kier molecular flexibility index (Phi) is 8.85. The number of thiophene rings is 1. The summed E-state index contributed by atoms with van der Waals surface area (Å²) in [5.74, 6) is 0.0993. The predicted octanol–water partition coefficient (Wildman–Crippen LogP) is 7.58. The van der Waals surface area contributed by atoms with Crippen LogP contribution in [0, 0.1) is 19.7 Å². The van der Waals surface area contributed by atoms with Crippen molar-refractivity contribution >= 4 is 50.1 Å². The van der Waals surface area contributed by atoms with Crippen molar-refractivity contribution in [2.45, 2.75) is 64.5 Å². The summed E-state index contributed by atoms with van der Waals surface area (Å²) in [4.78, 5) is 37.7. The van der Waals surface area contributed by atoms with Gasteiger partial charge in [0.15, 0.2) is 5.58 Å². The number of benzene rings is 2. The summed E-state index contributed by atoms with van der Waals surface area (Å²) >= 11 is 7.76. The lowest BCUT2D eigenvalue weighted by molar-refractivity contribution is 0.0699. The molecule has 2 aliphatic rings. The molecule has 6 aromatic rings. The first-order valence-electron chi connectivity index (χ1n) is 17.1. The third kappa shape index (κ3) is 6.30. The molecule has 1 saturated heterocycles. The molecule has 1 aliphatic heterocycles. The number of pyridine rings is 1. The molecule has 4 aromatic heterocycles. The second-order valence-electron chi connectivity index (χ2n) is 13.4. The Morgan fingerprint density at radius 2 is 1.92 bits per heavy atom. The summed E-state index contributed by atoms with van der Waals surface area (Å²) in [6.45, 7) is 5.94. The van der Waals surface area contributed by atoms with Crippen molar-refractivity contribution in [2.24, 2.45) is 0 Å². The number of aromatic carboxylic acids is 1. The number of hydrogen-bond acceptors (Lipinski definition) is 9. The van der Waals surface area contributed by atoms with Crippen LogP contribution in [0.4, 0.5) is 4.39 Å². The number of hydrogen-bond donors (Lipinski definition) is 1. The minimum atomic E-state index is -1.03. The zero-order valence-electron chi connectivity index (χ0n) is 28.1. The first kappa shape index (κ1) is 33.5. The number of aryl methyl sites for hydroxylation is 3. The number of nitrogens with zero attached hydrogens (tertiary/aromatic N) is 5. The van der Waals surface area contributed by atoms with E-state index in [0.29, 0.717) is 46.4 Å². The Bertz CT molecular complexity index is 2380. The summed E-state index contributed by atoms with van der Waals surface area (Å²) < 4.78 is 28.2. The van der Waals surface area contributed by atoms with E-state index >= 15 is 0 Å². The molecule has 10 nitrogen and oxygen atoms in total. The van der Waals surface area contributed by atoms with Crippen LogP contribution in [0.3, 0.4) is 0 Å². The first-order chi connectivity index (χ1) is 24.6. The molecule has 0 unspecified atom stereocenters. The highest BCUT2D eigenvalue weighted by Gasteiger charge is 2.32. The van der Waals surface area contributed by atoms with E-state index in [1.807, 2.05) is 19.9 Å². The Morgan fingerprint density at radius 3 is 2.73 bits per heavy atom. The van der Waals surface area contributed by atoms with Gasteiger partial charge < -0.3 is 14.4 Å². The number of ether oxygens (including phenoxy) is 1. The molecule has 8 rings (SSSR count). The van der Waals surface area contributed by atoms with E-state index in [1.165, 1.54) is 23.5 Å². The summed E-state index contributed by atoms with van der Waals surface area (Å²) in [6, 6.07) is 12.0. The van der Waals surface area contributed by atoms with Gasteiger partial charge in [-0.25, -0.2) is 14.2 Å². The molecule has 0 radical (unpaired) electrons. The van der Waals surface area contributed by atoms with Crippen LogP contribution in [0.1, 0.15) is 64.0 Å². The Hall–Kier alpha value is -4.65. The normalized spacial score (nSPS) is 16.9. The molecular weight excluding hydrogens is 693 g/mol. The second-order valence-corrected chi connectivity index (χ2v) is 14.7. The summed E-state index contributed by atoms with van der Waals surface area (Å²) in [6.07, 6.45) is 4.11. The summed E-state index contributed by atoms with van der Waals surface area (Å²) in [5.41, 5.74) is 5.83. The standard InChI is InChI=1S/C38H35ClFN5O5S/c1-20-15-27(36-35(41-20)30(19-51-36)38(47)48)26-16-23(39)3-7-32(26)49-14-13-45-21(2)42-31-6-5-25(18-28(31)37(45)46)44-11-9-22(10-12-44)34-29-17-24(40)4-8-33(29)50-43-34/h3-4,7-8,15-17,19,22,25H,5-6,9-14,18H2,1-2H3,(H,47,48)/t25-/m1/s1. The second kappa shape index (κ2) is 13.5. The Balaban J connectivity index is 0.973. The van der Waals surface area contributed by atoms with Crippen molar-refractivity contribution in [3.05, 3.63) is 103 Å². The highest BCUT2D eigenvalue weighted by Crippen LogP contribution is 2.40. The molecule has 51 heavy (non-hydrogen) atoms. The Labute approximate surface area is 301 Å². The molecule has 1 N–H and O–H groups in total. The minimum absolute atomic E-state index is 0.0284. The van der Waals surface area contributed by atoms with Crippen LogP contribution in [0.25, 0.3) is 32.3 Å². The van der Waals surface area contributed by atoms with E-state index in [4.69, 9.17) is 25.8 Å². The number of carboxylic acid groups (broad SMARTS) is 1. The van der Waals surface area contributed by atoms with E-state index in [9.17, 15) is 19.1 Å². The fourth-order valence-corrected chi connectivity index (χ4v) is 8.90. The van der Waals surface area contributed by atoms with Crippen LogP contribution in [0.15, 0.2) is 57.2 Å². The summed E-state index contributed by atoms with van der Waals surface area (Å²) in [5, 5.41) is 16.9. The van der Waals surface area contributed by atoms with Gasteiger partial charge in [-0.2, -0.15) is 0 Å². The first-order valence-corrected chi connectivity index (χ1v) is 18.3. The van der Waals surface area contributed by atoms with E-state index < -0.39 is 5.97 Å². The van der Waals surface area contributed by atoms with Crippen LogP contribution in [0.5, 0.6) is 5.75 Å². The minimum Gasteiger partial charge on any atom is -0.491 e. The van der Waals surface area contributed by atoms with Crippen LogP contribution in [-0.2, 0) is 19.4 Å². The maximum atomic E-state index is 14.0. The van der Waals surface area contributed by atoms with Gasteiger partial charge in [0.25, 0.3) is 5.56 Å². The fraction of sp³-hybridized carbons (Fsp3) is 0.342. The van der Waals surface area contributed by atoms with Crippen LogP contribution in [-0.4, -0.2) is 61.4 Å². The van der Waals surface area contributed by atoms with Gasteiger partial charge in [0, 0.05) is 50.1 Å². The van der Waals surface area contributed by atoms with E-state index in [-0.39, 0.29) is 35.5 Å². The molecular formula is C38H35ClFN5O5S. The van der Waals surface area contributed by atoms with E-state index in [1.54, 1.807) is 34.2 Å². The van der Waals surface area contributed by atoms with Gasteiger partial charge in [-0.05, 0) is 102 Å². The third-order valence-electron chi connectivity index (χ3n) is 10.3. The van der Waals surface area contributed by atoms with E-state index in [0.717, 1.165) is 76.9 Å². The molecule has 0 spiro atoms. The lowest BCUT2D eigenvalue weighted by Gasteiger charge is -2.39. The molecule has 2 aromatic carbocycles. The number of piperidine rings is 1. The van der Waals surface area contributed by atoms with Gasteiger partial charge in [0.1, 0.15) is 24.0 Å². The SMILES string of the molecule is Cc1cc(-c2cc(Cl)ccc2OCCn2c(C)nc3c(c2=O)C[C@H](N2CCC(c4noc5ccc(F)cc45)CC2)CC3)c2scc(C(=O)O)c2n1. The number of carboxylic acids is 1. The van der Waals surface area contributed by atoms with Crippen molar-refractivity contribution < 1.29 is 23.6 Å². The molecule has 5 heterocycles. The zero-order valence-corrected chi connectivity index (χ0v) is 29.7. The molecule has 1 aliphatic carbocycles. The van der Waals surface area contributed by atoms with Gasteiger partial charge in [-0.1, -0.05) is 16.8 Å². The lowest BCUT2D eigenvalue weighted by Crippen LogP contribution is -2.46. The van der Waals surface area contributed by atoms with E-state index in [2.05, 4.69) is 15.0 Å². The maximum absolute atomic E-state index is 14.0. The van der Waals surface area contributed by atoms with Crippen molar-refractivity contribution in [2.75, 3.05) is 19.7 Å². The average Bonchev–Trinajstić information content (AvgIpc) is 3.74. The smallest absolute Gasteiger partial charge is 0.338 e. The topological polar surface area (TPSA) is 124 Å². The largest absolute Gasteiger partial charge is 0.491 e. The van der Waals surface area contributed by atoms with Crippen LogP contribution < -0.4 is 10.3 Å². The highest BCUT2D eigenvalue weighted by atomic mass is 35.5. The van der Waals surface area contributed by atoms with Crippen molar-refractivity contribution in [3.63, 3.8) is 0 Å².